The van der Waals surface area contributed by atoms with Crippen LogP contribution in [0, 0.1) is 24.1 Å². The molecule has 1 aliphatic heterocycles. The number of hydrogen-bond acceptors (Lipinski definition) is 6. The molecule has 6 nitrogen and oxygen atoms in total. The minimum Gasteiger partial charge on any atom is -0.506 e. The quantitative estimate of drug-likeness (QED) is 0.266. The molecule has 0 aliphatic carbocycles. The molecule has 0 atom stereocenters. The molecular weight excluding hydrogens is 543 g/mol. The molecule has 0 spiro atoms. The average Bonchev–Trinajstić information content (AvgIpc) is 2.92. The molecule has 1 aliphatic rings. The first-order valence-electron chi connectivity index (χ1n) is 12.5. The number of benzene rings is 3. The molecule has 39 heavy (non-hydrogen) atoms. The lowest BCUT2D eigenvalue weighted by molar-refractivity contribution is 0.383. The monoisotopic (exact) mass is 567 g/mol. The van der Waals surface area contributed by atoms with Crippen molar-refractivity contribution < 1.29 is 13.9 Å². The van der Waals surface area contributed by atoms with Gasteiger partial charge in [-0.1, -0.05) is 23.2 Å². The Kier molecular flexibility index (Phi) is 7.85. The number of aromatic nitrogens is 2. The van der Waals surface area contributed by atoms with Crippen LogP contribution in [0.25, 0.3) is 33.3 Å². The minimum atomic E-state index is -0.665. The standard InChI is InChI=1S/C29H25Cl2F2N5O/c1-16-8-17(10-19(30)9-16)27-28(38-6-2-21(3-7-38)35-5-4-32)24-13-22(25(31)14-26(24)36-37-27)23-12-20(33)11-18(15-34)29(23)39/h8-14,21,35,39H,2-7H2,1H3. The van der Waals surface area contributed by atoms with Crippen LogP contribution < -0.4 is 10.2 Å². The summed E-state index contributed by atoms with van der Waals surface area (Å²) in [5.41, 5.74) is 3.99. The van der Waals surface area contributed by atoms with Gasteiger partial charge in [-0.2, -0.15) is 5.26 Å². The Balaban J connectivity index is 1.72. The van der Waals surface area contributed by atoms with Gasteiger partial charge in [-0.15, -0.1) is 10.2 Å². The van der Waals surface area contributed by atoms with Gasteiger partial charge in [-0.05, 0) is 67.8 Å². The predicted molar refractivity (Wildman–Crippen MR) is 151 cm³/mol. The Morgan fingerprint density at radius 3 is 2.54 bits per heavy atom. The van der Waals surface area contributed by atoms with E-state index in [9.17, 15) is 19.1 Å². The van der Waals surface area contributed by atoms with E-state index in [2.05, 4.69) is 20.4 Å². The molecule has 1 aromatic heterocycles. The molecule has 0 amide bonds. The Bertz CT molecular complexity index is 1580. The fraction of sp³-hybridized carbons (Fsp3) is 0.276. The van der Waals surface area contributed by atoms with E-state index in [-0.39, 0.29) is 27.9 Å². The van der Waals surface area contributed by atoms with Crippen LogP contribution in [0.3, 0.4) is 0 Å². The van der Waals surface area contributed by atoms with Crippen LogP contribution in [0.2, 0.25) is 10.0 Å². The zero-order valence-corrected chi connectivity index (χ0v) is 22.6. The van der Waals surface area contributed by atoms with E-state index in [1.807, 2.05) is 31.2 Å². The van der Waals surface area contributed by atoms with E-state index in [4.69, 9.17) is 23.2 Å². The second-order valence-electron chi connectivity index (χ2n) is 9.63. The van der Waals surface area contributed by atoms with Crippen molar-refractivity contribution in [3.05, 3.63) is 69.5 Å². The number of phenolic OH excluding ortho intramolecular Hbond substituents is 1. The highest BCUT2D eigenvalue weighted by Crippen LogP contribution is 2.43. The van der Waals surface area contributed by atoms with Crippen molar-refractivity contribution in [1.29, 1.82) is 5.26 Å². The number of aromatic hydroxyl groups is 1. The number of fused-ring (bicyclic) bond motifs is 1. The van der Waals surface area contributed by atoms with Gasteiger partial charge in [0.2, 0.25) is 0 Å². The molecule has 0 unspecified atom stereocenters. The summed E-state index contributed by atoms with van der Waals surface area (Å²) >= 11 is 13.0. The molecule has 3 aromatic carbocycles. The van der Waals surface area contributed by atoms with Crippen LogP contribution in [-0.2, 0) is 0 Å². The second-order valence-corrected chi connectivity index (χ2v) is 10.5. The first kappa shape index (κ1) is 27.1. The SMILES string of the molecule is Cc1cc(Cl)cc(-c2nnc3cc(Cl)c(-c4cc(F)cc(C#N)c4O)cc3c2N2CCC(NCCF)CC2)c1. The van der Waals surface area contributed by atoms with Gasteiger partial charge < -0.3 is 15.3 Å². The van der Waals surface area contributed by atoms with Crippen LogP contribution in [0.4, 0.5) is 14.5 Å². The molecule has 200 valence electrons. The van der Waals surface area contributed by atoms with Crippen molar-refractivity contribution in [2.45, 2.75) is 25.8 Å². The third-order valence-corrected chi connectivity index (χ3v) is 7.49. The third-order valence-electron chi connectivity index (χ3n) is 6.96. The molecule has 0 radical (unpaired) electrons. The number of piperidine rings is 1. The van der Waals surface area contributed by atoms with Crippen molar-refractivity contribution in [2.75, 3.05) is 31.2 Å². The van der Waals surface area contributed by atoms with E-state index in [0.29, 0.717) is 46.8 Å². The number of hydrogen-bond donors (Lipinski definition) is 2. The highest BCUT2D eigenvalue weighted by atomic mass is 35.5. The van der Waals surface area contributed by atoms with Crippen molar-refractivity contribution in [2.24, 2.45) is 0 Å². The van der Waals surface area contributed by atoms with Gasteiger partial charge in [-0.25, -0.2) is 8.78 Å². The second kappa shape index (κ2) is 11.3. The smallest absolute Gasteiger partial charge is 0.141 e. The lowest BCUT2D eigenvalue weighted by Crippen LogP contribution is -2.43. The van der Waals surface area contributed by atoms with Gasteiger partial charge in [0.1, 0.15) is 30.0 Å². The molecule has 2 N–H and O–H groups in total. The first-order valence-corrected chi connectivity index (χ1v) is 13.3. The largest absolute Gasteiger partial charge is 0.506 e. The summed E-state index contributed by atoms with van der Waals surface area (Å²) in [6.07, 6.45) is 1.60. The van der Waals surface area contributed by atoms with E-state index in [1.54, 1.807) is 12.1 Å². The highest BCUT2D eigenvalue weighted by molar-refractivity contribution is 6.34. The van der Waals surface area contributed by atoms with E-state index >= 15 is 0 Å². The number of nitrogens with zero attached hydrogens (tertiary/aromatic N) is 4. The van der Waals surface area contributed by atoms with E-state index < -0.39 is 12.5 Å². The summed E-state index contributed by atoms with van der Waals surface area (Å²) in [5.74, 6) is -1.02. The molecule has 5 rings (SSSR count). The van der Waals surface area contributed by atoms with Gasteiger partial charge in [0.25, 0.3) is 0 Å². The normalized spacial score (nSPS) is 14.1. The molecule has 0 saturated carbocycles. The lowest BCUT2D eigenvalue weighted by Gasteiger charge is -2.35. The van der Waals surface area contributed by atoms with Crippen molar-refractivity contribution in [1.82, 2.24) is 15.5 Å². The number of alkyl halides is 1. The number of halogens is 4. The molecule has 2 heterocycles. The first-order chi connectivity index (χ1) is 18.8. The molecular formula is C29H25Cl2F2N5O. The summed E-state index contributed by atoms with van der Waals surface area (Å²) in [4.78, 5) is 2.21. The maximum atomic E-state index is 14.4. The van der Waals surface area contributed by atoms with E-state index in [0.717, 1.165) is 41.8 Å². The van der Waals surface area contributed by atoms with Gasteiger partial charge in [-0.3, -0.25) is 0 Å². The molecule has 10 heteroatoms. The molecule has 1 saturated heterocycles. The fourth-order valence-electron chi connectivity index (χ4n) is 5.16. The Hall–Kier alpha value is -3.51. The average molecular weight is 568 g/mol. The van der Waals surface area contributed by atoms with Crippen LogP contribution in [0.15, 0.2) is 42.5 Å². The van der Waals surface area contributed by atoms with Crippen molar-refractivity contribution >= 4 is 39.8 Å². The fourth-order valence-corrected chi connectivity index (χ4v) is 5.71. The van der Waals surface area contributed by atoms with Crippen LogP contribution in [0.1, 0.15) is 24.0 Å². The third kappa shape index (κ3) is 5.48. The number of anilines is 1. The Morgan fingerprint density at radius 2 is 1.85 bits per heavy atom. The van der Waals surface area contributed by atoms with Crippen molar-refractivity contribution in [3.63, 3.8) is 0 Å². The Labute approximate surface area is 234 Å². The molecule has 4 aromatic rings. The van der Waals surface area contributed by atoms with Gasteiger partial charge >= 0.3 is 0 Å². The van der Waals surface area contributed by atoms with Gasteiger partial charge in [0.15, 0.2) is 0 Å². The minimum absolute atomic E-state index is 0.107. The van der Waals surface area contributed by atoms with Crippen molar-refractivity contribution in [3.8, 4) is 34.2 Å². The number of rotatable bonds is 6. The van der Waals surface area contributed by atoms with E-state index in [1.165, 1.54) is 0 Å². The number of aryl methyl sites for hydroxylation is 1. The maximum Gasteiger partial charge on any atom is 0.141 e. The molecule has 0 bridgehead atoms. The maximum absolute atomic E-state index is 14.4. The molecule has 1 fully saturated rings. The summed E-state index contributed by atoms with van der Waals surface area (Å²) in [7, 11) is 0. The summed E-state index contributed by atoms with van der Waals surface area (Å²) in [6.45, 7) is 3.21. The van der Waals surface area contributed by atoms with Gasteiger partial charge in [0, 0.05) is 52.8 Å². The van der Waals surface area contributed by atoms with Crippen LogP contribution in [0.5, 0.6) is 5.75 Å². The highest BCUT2D eigenvalue weighted by Gasteiger charge is 2.26. The number of phenols is 1. The topological polar surface area (TPSA) is 85.1 Å². The number of nitriles is 1. The van der Waals surface area contributed by atoms with Gasteiger partial charge in [0.05, 0.1) is 21.8 Å². The zero-order valence-electron chi connectivity index (χ0n) is 21.1. The van der Waals surface area contributed by atoms with Crippen LogP contribution in [-0.4, -0.2) is 47.7 Å². The number of nitrogens with one attached hydrogen (secondary N) is 1. The summed E-state index contributed by atoms with van der Waals surface area (Å²) < 4.78 is 27.1. The zero-order chi connectivity index (χ0) is 27.7. The summed E-state index contributed by atoms with van der Waals surface area (Å²) in [5, 5.41) is 33.9. The Morgan fingerprint density at radius 1 is 1.08 bits per heavy atom. The lowest BCUT2D eigenvalue weighted by atomic mass is 9.96. The summed E-state index contributed by atoms with van der Waals surface area (Å²) in [6, 6.07) is 13.2. The van der Waals surface area contributed by atoms with Crippen LogP contribution >= 0.6 is 23.2 Å². The predicted octanol–water partition coefficient (Wildman–Crippen LogP) is 6.82.